The molecule has 0 radical (unpaired) electrons. The highest BCUT2D eigenvalue weighted by Crippen LogP contribution is 2.45. The van der Waals surface area contributed by atoms with Crippen LogP contribution in [0.25, 0.3) is 0 Å². The summed E-state index contributed by atoms with van der Waals surface area (Å²) in [5.74, 6) is 0.395. The van der Waals surface area contributed by atoms with Crippen LogP contribution >= 0.6 is 11.3 Å². The first-order valence-electron chi connectivity index (χ1n) is 3.50. The van der Waals surface area contributed by atoms with Crippen molar-refractivity contribution in [2.45, 2.75) is 25.2 Å². The molecule has 1 fully saturated rings. The molecule has 4 heteroatoms. The first-order chi connectivity index (χ1) is 5.29. The van der Waals surface area contributed by atoms with Gasteiger partial charge in [-0.15, -0.1) is 11.3 Å². The van der Waals surface area contributed by atoms with Crippen LogP contribution in [0.2, 0.25) is 0 Å². The number of nitrogens with zero attached hydrogens (tertiary/aromatic N) is 1. The first-order valence-corrected chi connectivity index (χ1v) is 4.38. The minimum atomic E-state index is -2.39. The third-order valence-electron chi connectivity index (χ3n) is 1.78. The topological polar surface area (TPSA) is 12.9 Å². The molecule has 1 aliphatic rings. The third-order valence-corrected chi connectivity index (χ3v) is 2.79. The quantitative estimate of drug-likeness (QED) is 0.673. The Morgan fingerprint density at radius 3 is 2.82 bits per heavy atom. The smallest absolute Gasteiger partial charge is 0.243 e. The number of aromatic nitrogens is 1. The Balaban J connectivity index is 2.30. The Morgan fingerprint density at radius 1 is 1.55 bits per heavy atom. The second kappa shape index (κ2) is 2.52. The van der Waals surface area contributed by atoms with Crippen molar-refractivity contribution in [3.63, 3.8) is 0 Å². The highest BCUT2D eigenvalue weighted by Gasteiger charge is 2.30. The Hall–Kier alpha value is -0.510. The average Bonchev–Trinajstić information content (AvgIpc) is 2.68. The maximum Gasteiger partial charge on any atom is 0.281 e. The van der Waals surface area contributed by atoms with E-state index in [0.29, 0.717) is 5.92 Å². The number of halogens is 2. The molecule has 0 aliphatic heterocycles. The second-order valence-corrected chi connectivity index (χ2v) is 3.56. The maximum atomic E-state index is 12.2. The van der Waals surface area contributed by atoms with Gasteiger partial charge in [0.25, 0.3) is 6.43 Å². The molecule has 1 aromatic heterocycles. The van der Waals surface area contributed by atoms with Crippen molar-refractivity contribution >= 4 is 11.3 Å². The van der Waals surface area contributed by atoms with E-state index >= 15 is 0 Å². The molecule has 0 N–H and O–H groups in total. The van der Waals surface area contributed by atoms with Gasteiger partial charge in [-0.3, -0.25) is 0 Å². The molecule has 0 amide bonds. The Bertz CT molecular complexity index is 238. The minimum Gasteiger partial charge on any atom is -0.243 e. The summed E-state index contributed by atoms with van der Waals surface area (Å²) < 4.78 is 24.4. The van der Waals surface area contributed by atoms with Crippen LogP contribution in [0.1, 0.15) is 35.8 Å². The molecule has 0 atom stereocenters. The summed E-state index contributed by atoms with van der Waals surface area (Å²) in [4.78, 5) is 4.45. The summed E-state index contributed by atoms with van der Waals surface area (Å²) >= 11 is 1.36. The van der Waals surface area contributed by atoms with Crippen LogP contribution in [0.15, 0.2) is 5.51 Å². The zero-order valence-corrected chi connectivity index (χ0v) is 6.57. The third kappa shape index (κ3) is 1.27. The van der Waals surface area contributed by atoms with E-state index in [9.17, 15) is 8.78 Å². The van der Waals surface area contributed by atoms with Gasteiger partial charge in [0.2, 0.25) is 0 Å². The lowest BCUT2D eigenvalue weighted by molar-refractivity contribution is 0.145. The summed E-state index contributed by atoms with van der Waals surface area (Å²) in [6, 6.07) is 0. The van der Waals surface area contributed by atoms with Crippen molar-refractivity contribution in [2.24, 2.45) is 0 Å². The molecule has 0 aromatic carbocycles. The van der Waals surface area contributed by atoms with E-state index in [4.69, 9.17) is 0 Å². The Morgan fingerprint density at radius 2 is 2.27 bits per heavy atom. The molecule has 1 saturated carbocycles. The molecule has 0 spiro atoms. The fourth-order valence-electron chi connectivity index (χ4n) is 1.08. The van der Waals surface area contributed by atoms with Gasteiger partial charge in [0.15, 0.2) is 0 Å². The highest BCUT2D eigenvalue weighted by molar-refractivity contribution is 7.09. The molecular weight excluding hydrogens is 168 g/mol. The summed E-state index contributed by atoms with van der Waals surface area (Å²) in [6.45, 7) is 0. The van der Waals surface area contributed by atoms with Gasteiger partial charge >= 0.3 is 0 Å². The van der Waals surface area contributed by atoms with Gasteiger partial charge in [-0.05, 0) is 18.8 Å². The van der Waals surface area contributed by atoms with Crippen LogP contribution in [0, 0.1) is 0 Å². The lowest BCUT2D eigenvalue weighted by atomic mass is 10.3. The lowest BCUT2D eigenvalue weighted by Gasteiger charge is -1.96. The van der Waals surface area contributed by atoms with Gasteiger partial charge in [-0.2, -0.15) is 0 Å². The van der Waals surface area contributed by atoms with Crippen LogP contribution in [0.4, 0.5) is 8.78 Å². The van der Waals surface area contributed by atoms with E-state index in [0.717, 1.165) is 17.7 Å². The van der Waals surface area contributed by atoms with Crippen molar-refractivity contribution in [2.75, 3.05) is 0 Å². The van der Waals surface area contributed by atoms with E-state index in [2.05, 4.69) is 4.98 Å². The SMILES string of the molecule is FC(F)c1ncsc1C1CC1. The molecular formula is C7H7F2NS. The van der Waals surface area contributed by atoms with E-state index in [1.165, 1.54) is 16.8 Å². The van der Waals surface area contributed by atoms with Crippen molar-refractivity contribution in [3.05, 3.63) is 16.1 Å². The summed E-state index contributed by atoms with van der Waals surface area (Å²) in [5, 5.41) is 0. The van der Waals surface area contributed by atoms with Crippen LogP contribution < -0.4 is 0 Å². The average molecular weight is 175 g/mol. The maximum absolute atomic E-state index is 12.2. The van der Waals surface area contributed by atoms with Crippen LogP contribution in [0.5, 0.6) is 0 Å². The number of hydrogen-bond acceptors (Lipinski definition) is 2. The molecule has 0 bridgehead atoms. The molecule has 60 valence electrons. The van der Waals surface area contributed by atoms with Crippen molar-refractivity contribution in [1.29, 1.82) is 0 Å². The zero-order chi connectivity index (χ0) is 7.84. The van der Waals surface area contributed by atoms with E-state index in [-0.39, 0.29) is 5.69 Å². The normalized spacial score (nSPS) is 17.7. The lowest BCUT2D eigenvalue weighted by Crippen LogP contribution is -1.88. The Labute approximate surface area is 67.1 Å². The van der Waals surface area contributed by atoms with Gasteiger partial charge in [0.05, 0.1) is 5.51 Å². The number of alkyl halides is 2. The van der Waals surface area contributed by atoms with E-state index in [1.807, 2.05) is 0 Å². The van der Waals surface area contributed by atoms with Gasteiger partial charge < -0.3 is 0 Å². The number of thiazole rings is 1. The standard InChI is InChI=1S/C7H7F2NS/c8-7(9)5-6(4-1-2-4)11-3-10-5/h3-4,7H,1-2H2. The van der Waals surface area contributed by atoms with Crippen LogP contribution in [-0.2, 0) is 0 Å². The molecule has 2 rings (SSSR count). The fourth-order valence-corrected chi connectivity index (χ4v) is 2.05. The molecule has 1 nitrogen and oxygen atoms in total. The van der Waals surface area contributed by atoms with E-state index < -0.39 is 6.43 Å². The largest absolute Gasteiger partial charge is 0.281 e. The second-order valence-electron chi connectivity index (χ2n) is 2.68. The summed E-state index contributed by atoms with van der Waals surface area (Å²) in [6.07, 6.45) is -0.277. The fraction of sp³-hybridized carbons (Fsp3) is 0.571. The monoisotopic (exact) mass is 175 g/mol. The first kappa shape index (κ1) is 7.16. The van der Waals surface area contributed by atoms with Gasteiger partial charge in [-0.1, -0.05) is 0 Å². The van der Waals surface area contributed by atoms with Crippen molar-refractivity contribution in [3.8, 4) is 0 Å². The Kier molecular flexibility index (Phi) is 1.64. The van der Waals surface area contributed by atoms with Crippen LogP contribution in [0.3, 0.4) is 0 Å². The molecule has 1 aromatic rings. The predicted molar refractivity (Wildman–Crippen MR) is 39.0 cm³/mol. The van der Waals surface area contributed by atoms with Gasteiger partial charge in [0, 0.05) is 4.88 Å². The molecule has 1 aliphatic carbocycles. The number of rotatable bonds is 2. The summed E-state index contributed by atoms with van der Waals surface area (Å²) in [7, 11) is 0. The van der Waals surface area contributed by atoms with Gasteiger partial charge in [-0.25, -0.2) is 13.8 Å². The zero-order valence-electron chi connectivity index (χ0n) is 5.76. The molecule has 0 unspecified atom stereocenters. The minimum absolute atomic E-state index is 0.0116. The van der Waals surface area contributed by atoms with Gasteiger partial charge in [0.1, 0.15) is 5.69 Å². The molecule has 0 saturated heterocycles. The van der Waals surface area contributed by atoms with Crippen molar-refractivity contribution < 1.29 is 8.78 Å². The number of hydrogen-bond donors (Lipinski definition) is 0. The van der Waals surface area contributed by atoms with E-state index in [1.54, 1.807) is 0 Å². The summed E-state index contributed by atoms with van der Waals surface area (Å²) in [5.41, 5.74) is 1.52. The predicted octanol–water partition coefficient (Wildman–Crippen LogP) is 2.96. The highest BCUT2D eigenvalue weighted by atomic mass is 32.1. The molecule has 11 heavy (non-hydrogen) atoms. The molecule has 1 heterocycles. The van der Waals surface area contributed by atoms with Crippen molar-refractivity contribution in [1.82, 2.24) is 4.98 Å². The van der Waals surface area contributed by atoms with Crippen LogP contribution in [-0.4, -0.2) is 4.98 Å².